The Morgan fingerprint density at radius 2 is 1.88 bits per heavy atom. The molecule has 0 unspecified atom stereocenters. The van der Waals surface area contributed by atoms with Crippen LogP contribution in [0.25, 0.3) is 0 Å². The quantitative estimate of drug-likeness (QED) is 0.793. The van der Waals surface area contributed by atoms with Crippen LogP contribution in [-0.4, -0.2) is 21.4 Å². The lowest BCUT2D eigenvalue weighted by atomic mass is 9.65. The number of aliphatic hydroxyl groups is 2. The summed E-state index contributed by atoms with van der Waals surface area (Å²) in [5, 5.41) is 20.8. The summed E-state index contributed by atoms with van der Waals surface area (Å²) in [7, 11) is 0. The van der Waals surface area contributed by atoms with Gasteiger partial charge in [-0.25, -0.2) is 0 Å². The Kier molecular flexibility index (Phi) is 4.65. The van der Waals surface area contributed by atoms with Crippen LogP contribution in [0, 0.1) is 17.8 Å². The van der Waals surface area contributed by atoms with E-state index in [0.29, 0.717) is 24.2 Å². The van der Waals surface area contributed by atoms with Gasteiger partial charge in [0, 0.05) is 0 Å². The van der Waals surface area contributed by atoms with Crippen LogP contribution >= 0.6 is 0 Å². The molecule has 0 heterocycles. The Morgan fingerprint density at radius 3 is 2.35 bits per heavy atom. The van der Waals surface area contributed by atoms with Gasteiger partial charge in [0.2, 0.25) is 0 Å². The highest BCUT2D eigenvalue weighted by Crippen LogP contribution is 2.44. The minimum atomic E-state index is -0.669. The van der Waals surface area contributed by atoms with Gasteiger partial charge in [0.05, 0.1) is 11.2 Å². The first kappa shape index (κ1) is 15.0. The Labute approximate surface area is 106 Å². The second-order valence-corrected chi connectivity index (χ2v) is 7.15. The molecule has 2 nitrogen and oxygen atoms in total. The number of rotatable bonds is 4. The lowest BCUT2D eigenvalue weighted by Crippen LogP contribution is -2.46. The zero-order valence-electron chi connectivity index (χ0n) is 12.2. The average molecular weight is 242 g/mol. The second kappa shape index (κ2) is 5.27. The summed E-state index contributed by atoms with van der Waals surface area (Å²) in [6, 6.07) is 0. The molecule has 102 valence electrons. The lowest BCUT2D eigenvalue weighted by molar-refractivity contribution is -0.0975. The fourth-order valence-corrected chi connectivity index (χ4v) is 3.35. The van der Waals surface area contributed by atoms with Crippen molar-refractivity contribution in [3.8, 4) is 0 Å². The highest BCUT2D eigenvalue weighted by Gasteiger charge is 2.42. The molecule has 0 bridgehead atoms. The van der Waals surface area contributed by atoms with E-state index in [1.165, 1.54) is 6.42 Å². The molecule has 17 heavy (non-hydrogen) atoms. The molecule has 1 aliphatic rings. The van der Waals surface area contributed by atoms with E-state index in [2.05, 4.69) is 20.8 Å². The van der Waals surface area contributed by atoms with Gasteiger partial charge in [0.1, 0.15) is 0 Å². The predicted octanol–water partition coefficient (Wildman–Crippen LogP) is 3.36. The van der Waals surface area contributed by atoms with E-state index in [1.54, 1.807) is 0 Å². The molecule has 0 aromatic rings. The normalized spacial score (nSPS) is 35.3. The lowest BCUT2D eigenvalue weighted by Gasteiger charge is -2.45. The van der Waals surface area contributed by atoms with Gasteiger partial charge in [0.25, 0.3) is 0 Å². The third kappa shape index (κ3) is 4.26. The van der Waals surface area contributed by atoms with Crippen LogP contribution in [0.2, 0.25) is 0 Å². The van der Waals surface area contributed by atoms with Gasteiger partial charge in [-0.15, -0.1) is 0 Å². The largest absolute Gasteiger partial charge is 0.390 e. The molecule has 0 spiro atoms. The molecule has 0 saturated heterocycles. The molecule has 0 amide bonds. The van der Waals surface area contributed by atoms with Crippen LogP contribution in [-0.2, 0) is 0 Å². The van der Waals surface area contributed by atoms with Crippen molar-refractivity contribution in [3.05, 3.63) is 0 Å². The summed E-state index contributed by atoms with van der Waals surface area (Å²) >= 11 is 0. The highest BCUT2D eigenvalue weighted by atomic mass is 16.3. The number of hydrogen-bond donors (Lipinski definition) is 2. The van der Waals surface area contributed by atoms with Gasteiger partial charge in [-0.05, 0) is 57.3 Å². The Balaban J connectivity index is 2.71. The first-order valence-electron chi connectivity index (χ1n) is 7.09. The van der Waals surface area contributed by atoms with Crippen molar-refractivity contribution in [1.82, 2.24) is 0 Å². The summed E-state index contributed by atoms with van der Waals surface area (Å²) in [5.41, 5.74) is -1.23. The fourth-order valence-electron chi connectivity index (χ4n) is 3.35. The molecular formula is C15H30O2. The van der Waals surface area contributed by atoms with Crippen LogP contribution in [0.3, 0.4) is 0 Å². The summed E-state index contributed by atoms with van der Waals surface area (Å²) in [6.45, 7) is 10.3. The predicted molar refractivity (Wildman–Crippen MR) is 71.8 cm³/mol. The molecular weight excluding hydrogens is 212 g/mol. The molecule has 0 aliphatic heterocycles. The molecule has 0 radical (unpaired) electrons. The minimum Gasteiger partial charge on any atom is -0.390 e. The maximum Gasteiger partial charge on any atom is 0.0681 e. The summed E-state index contributed by atoms with van der Waals surface area (Å²) < 4.78 is 0. The number of hydrogen-bond acceptors (Lipinski definition) is 2. The van der Waals surface area contributed by atoms with Crippen molar-refractivity contribution in [2.75, 3.05) is 0 Å². The summed E-state index contributed by atoms with van der Waals surface area (Å²) in [5.74, 6) is 1.52. The van der Waals surface area contributed by atoms with E-state index < -0.39 is 11.2 Å². The van der Waals surface area contributed by atoms with E-state index in [0.717, 1.165) is 19.3 Å². The molecule has 3 atom stereocenters. The van der Waals surface area contributed by atoms with E-state index >= 15 is 0 Å². The van der Waals surface area contributed by atoms with Crippen LogP contribution in [0.15, 0.2) is 0 Å². The average Bonchev–Trinajstić information content (AvgIpc) is 2.13. The molecule has 0 aromatic carbocycles. The fraction of sp³-hybridized carbons (Fsp3) is 1.00. The SMILES string of the molecule is CC(C)[C@@H]1CC[C@@H](C)C[C@@]1(O)CCC(C)(C)O. The minimum absolute atomic E-state index is 0.390. The van der Waals surface area contributed by atoms with Crippen molar-refractivity contribution < 1.29 is 10.2 Å². The van der Waals surface area contributed by atoms with Crippen molar-refractivity contribution in [1.29, 1.82) is 0 Å². The van der Waals surface area contributed by atoms with Gasteiger partial charge in [0.15, 0.2) is 0 Å². The van der Waals surface area contributed by atoms with Crippen molar-refractivity contribution in [3.63, 3.8) is 0 Å². The molecule has 2 heteroatoms. The third-order valence-corrected chi connectivity index (χ3v) is 4.34. The standard InChI is InChI=1S/C15H30O2/c1-11(2)13-7-6-12(3)10-15(13,17)9-8-14(4,5)16/h11-13,16-17H,6-10H2,1-5H3/t12-,13+,15+/m1/s1. The van der Waals surface area contributed by atoms with Gasteiger partial charge in [-0.1, -0.05) is 27.2 Å². The first-order chi connectivity index (χ1) is 7.64. The van der Waals surface area contributed by atoms with Crippen LogP contribution < -0.4 is 0 Å². The summed E-state index contributed by atoms with van der Waals surface area (Å²) in [6.07, 6.45) is 4.66. The van der Waals surface area contributed by atoms with E-state index in [4.69, 9.17) is 0 Å². The van der Waals surface area contributed by atoms with Crippen LogP contribution in [0.5, 0.6) is 0 Å². The molecule has 2 N–H and O–H groups in total. The molecule has 1 saturated carbocycles. The molecule has 1 aliphatic carbocycles. The Bertz CT molecular complexity index is 242. The van der Waals surface area contributed by atoms with Crippen LogP contribution in [0.4, 0.5) is 0 Å². The van der Waals surface area contributed by atoms with Gasteiger partial charge < -0.3 is 10.2 Å². The van der Waals surface area contributed by atoms with Crippen molar-refractivity contribution >= 4 is 0 Å². The van der Waals surface area contributed by atoms with Crippen LogP contribution in [0.1, 0.15) is 66.7 Å². The maximum absolute atomic E-state index is 10.9. The molecule has 1 fully saturated rings. The maximum atomic E-state index is 10.9. The van der Waals surface area contributed by atoms with E-state index in [1.807, 2.05) is 13.8 Å². The van der Waals surface area contributed by atoms with Gasteiger partial charge in [-0.2, -0.15) is 0 Å². The van der Waals surface area contributed by atoms with E-state index in [-0.39, 0.29) is 0 Å². The zero-order valence-corrected chi connectivity index (χ0v) is 12.2. The first-order valence-corrected chi connectivity index (χ1v) is 7.09. The molecule has 0 aromatic heterocycles. The Hall–Kier alpha value is -0.0800. The smallest absolute Gasteiger partial charge is 0.0681 e. The van der Waals surface area contributed by atoms with Crippen molar-refractivity contribution in [2.45, 2.75) is 77.9 Å². The van der Waals surface area contributed by atoms with Gasteiger partial charge >= 0.3 is 0 Å². The topological polar surface area (TPSA) is 40.5 Å². The third-order valence-electron chi connectivity index (χ3n) is 4.34. The molecule has 1 rings (SSSR count). The highest BCUT2D eigenvalue weighted by molar-refractivity contribution is 4.94. The second-order valence-electron chi connectivity index (χ2n) is 7.15. The summed E-state index contributed by atoms with van der Waals surface area (Å²) in [4.78, 5) is 0. The van der Waals surface area contributed by atoms with E-state index in [9.17, 15) is 10.2 Å². The monoisotopic (exact) mass is 242 g/mol. The zero-order chi connectivity index (χ0) is 13.3. The van der Waals surface area contributed by atoms with Gasteiger partial charge in [-0.3, -0.25) is 0 Å². The Morgan fingerprint density at radius 1 is 1.29 bits per heavy atom. The van der Waals surface area contributed by atoms with Crippen molar-refractivity contribution in [2.24, 2.45) is 17.8 Å².